The van der Waals surface area contributed by atoms with Crippen LogP contribution in [0, 0.1) is 27.7 Å². The van der Waals surface area contributed by atoms with E-state index in [2.05, 4.69) is 10.6 Å². The first-order valence-electron chi connectivity index (χ1n) is 12.5. The lowest BCUT2D eigenvalue weighted by molar-refractivity contribution is -0.143. The summed E-state index contributed by atoms with van der Waals surface area (Å²) >= 11 is 0. The van der Waals surface area contributed by atoms with Gasteiger partial charge in [-0.3, -0.25) is 9.59 Å². The number of nitrogens with zero attached hydrogens (tertiary/aromatic N) is 1. The molecule has 3 N–H and O–H groups in total. The van der Waals surface area contributed by atoms with E-state index in [1.807, 2.05) is 64.1 Å². The van der Waals surface area contributed by atoms with Crippen LogP contribution in [0.4, 0.5) is 10.5 Å². The van der Waals surface area contributed by atoms with Crippen molar-refractivity contribution in [3.05, 3.63) is 64.2 Å². The minimum atomic E-state index is -1.29. The quantitative estimate of drug-likeness (QED) is 0.475. The molecular weight excluding hydrogens is 470 g/mol. The van der Waals surface area contributed by atoms with Crippen LogP contribution in [-0.4, -0.2) is 52.2 Å². The summed E-state index contributed by atoms with van der Waals surface area (Å²) in [6, 6.07) is 8.69. The van der Waals surface area contributed by atoms with Gasteiger partial charge in [0.15, 0.2) is 0 Å². The second kappa shape index (κ2) is 12.2. The third kappa shape index (κ3) is 7.55. The first kappa shape index (κ1) is 29.8. The van der Waals surface area contributed by atoms with Crippen molar-refractivity contribution in [2.45, 2.75) is 86.0 Å². The highest BCUT2D eigenvalue weighted by molar-refractivity contribution is 6.00. The second-order valence-corrected chi connectivity index (χ2v) is 10.7. The Hall–Kier alpha value is -3.39. The molecule has 8 nitrogen and oxygen atoms in total. The van der Waals surface area contributed by atoms with Crippen LogP contribution in [0.2, 0.25) is 0 Å². The van der Waals surface area contributed by atoms with E-state index in [1.54, 1.807) is 34.6 Å². The molecule has 0 bridgehead atoms. The van der Waals surface area contributed by atoms with E-state index in [-0.39, 0.29) is 5.91 Å². The zero-order valence-electron chi connectivity index (χ0n) is 23.4. The molecule has 0 aliphatic carbocycles. The number of aliphatic hydroxyl groups excluding tert-OH is 1. The summed E-state index contributed by atoms with van der Waals surface area (Å²) in [5, 5.41) is 15.6. The van der Waals surface area contributed by atoms with Crippen LogP contribution < -0.4 is 10.6 Å². The number of para-hydroxylation sites is 1. The molecule has 0 spiro atoms. The second-order valence-electron chi connectivity index (χ2n) is 10.7. The average Bonchev–Trinajstić information content (AvgIpc) is 2.77. The number of amides is 3. The Morgan fingerprint density at radius 1 is 0.919 bits per heavy atom. The van der Waals surface area contributed by atoms with Crippen molar-refractivity contribution in [3.63, 3.8) is 0 Å². The average molecular weight is 512 g/mol. The van der Waals surface area contributed by atoms with Crippen LogP contribution in [0.25, 0.3) is 0 Å². The van der Waals surface area contributed by atoms with Crippen LogP contribution in [-0.2, 0) is 14.3 Å². The standard InChI is InChI=1S/C29H41N3O5/c1-17(2)32(27(35)22(16-33)30-28(36)37-29(7,8)9)25(23-18(3)12-10-13-19(23)4)26(34)31-24-20(5)14-11-15-21(24)6/h10-15,17,22,25,33H,16H2,1-9H3,(H,30,36)(H,31,34). The summed E-state index contributed by atoms with van der Waals surface area (Å²) < 4.78 is 5.29. The summed E-state index contributed by atoms with van der Waals surface area (Å²) in [6.45, 7) is 15.7. The smallest absolute Gasteiger partial charge is 0.408 e. The van der Waals surface area contributed by atoms with E-state index in [4.69, 9.17) is 4.74 Å². The van der Waals surface area contributed by atoms with Gasteiger partial charge in [-0.25, -0.2) is 4.79 Å². The van der Waals surface area contributed by atoms with Gasteiger partial charge in [-0.15, -0.1) is 0 Å². The molecule has 2 aromatic carbocycles. The topological polar surface area (TPSA) is 108 Å². The molecule has 0 aliphatic heterocycles. The molecular formula is C29H41N3O5. The fourth-order valence-corrected chi connectivity index (χ4v) is 4.35. The summed E-state index contributed by atoms with van der Waals surface area (Å²) in [6.07, 6.45) is -0.827. The molecule has 37 heavy (non-hydrogen) atoms. The molecule has 2 aromatic rings. The fraction of sp³-hybridized carbons (Fsp3) is 0.483. The Morgan fingerprint density at radius 2 is 1.41 bits per heavy atom. The molecule has 0 saturated carbocycles. The molecule has 2 atom stereocenters. The summed E-state index contributed by atoms with van der Waals surface area (Å²) in [5.74, 6) is -0.974. The predicted molar refractivity (Wildman–Crippen MR) is 145 cm³/mol. The van der Waals surface area contributed by atoms with Crippen LogP contribution >= 0.6 is 0 Å². The monoisotopic (exact) mass is 511 g/mol. The van der Waals surface area contributed by atoms with Gasteiger partial charge in [-0.2, -0.15) is 0 Å². The molecule has 2 unspecified atom stereocenters. The highest BCUT2D eigenvalue weighted by Gasteiger charge is 2.39. The molecule has 0 aromatic heterocycles. The number of carbonyl (C=O) groups is 3. The zero-order chi connectivity index (χ0) is 28.1. The maximum absolute atomic E-state index is 14.0. The lowest BCUT2D eigenvalue weighted by Crippen LogP contribution is -2.55. The number of alkyl carbamates (subject to hydrolysis) is 1. The normalized spacial score (nSPS) is 13.1. The molecule has 202 valence electrons. The van der Waals surface area contributed by atoms with E-state index in [1.165, 1.54) is 4.90 Å². The van der Waals surface area contributed by atoms with Crippen LogP contribution in [0.15, 0.2) is 36.4 Å². The van der Waals surface area contributed by atoms with E-state index >= 15 is 0 Å². The molecule has 0 aliphatic rings. The lowest BCUT2D eigenvalue weighted by atomic mass is 9.92. The highest BCUT2D eigenvalue weighted by Crippen LogP contribution is 2.32. The van der Waals surface area contributed by atoms with E-state index in [9.17, 15) is 19.5 Å². The third-order valence-corrected chi connectivity index (χ3v) is 6.05. The van der Waals surface area contributed by atoms with Gasteiger partial charge in [0.1, 0.15) is 17.7 Å². The molecule has 8 heteroatoms. The number of aliphatic hydroxyl groups is 1. The minimum absolute atomic E-state index is 0.384. The molecule has 0 fully saturated rings. The fourth-order valence-electron chi connectivity index (χ4n) is 4.35. The van der Waals surface area contributed by atoms with Gasteiger partial charge >= 0.3 is 6.09 Å². The Morgan fingerprint density at radius 3 is 1.84 bits per heavy atom. The Balaban J connectivity index is 2.58. The van der Waals surface area contributed by atoms with Crippen LogP contribution in [0.1, 0.15) is 68.5 Å². The zero-order valence-corrected chi connectivity index (χ0v) is 23.4. The van der Waals surface area contributed by atoms with Gasteiger partial charge in [0.05, 0.1) is 6.61 Å². The predicted octanol–water partition coefficient (Wildman–Crippen LogP) is 4.72. The minimum Gasteiger partial charge on any atom is -0.444 e. The van der Waals surface area contributed by atoms with E-state index in [0.717, 1.165) is 22.3 Å². The Bertz CT molecular complexity index is 1100. The molecule has 0 saturated heterocycles. The molecule has 0 heterocycles. The van der Waals surface area contributed by atoms with Crippen molar-refractivity contribution in [2.75, 3.05) is 11.9 Å². The maximum Gasteiger partial charge on any atom is 0.408 e. The molecule has 0 radical (unpaired) electrons. The van der Waals surface area contributed by atoms with Crippen molar-refractivity contribution < 1.29 is 24.2 Å². The molecule has 2 rings (SSSR count). The summed E-state index contributed by atoms with van der Waals surface area (Å²) in [7, 11) is 0. The van der Waals surface area contributed by atoms with Gasteiger partial charge in [-0.1, -0.05) is 36.4 Å². The van der Waals surface area contributed by atoms with Crippen molar-refractivity contribution in [1.82, 2.24) is 10.2 Å². The molecule has 3 amide bonds. The van der Waals surface area contributed by atoms with Crippen LogP contribution in [0.3, 0.4) is 0 Å². The van der Waals surface area contributed by atoms with Crippen molar-refractivity contribution in [1.29, 1.82) is 0 Å². The van der Waals surface area contributed by atoms with Gasteiger partial charge in [0, 0.05) is 11.7 Å². The number of benzene rings is 2. The van der Waals surface area contributed by atoms with Gasteiger partial charge in [0.25, 0.3) is 5.91 Å². The maximum atomic E-state index is 14.0. The largest absolute Gasteiger partial charge is 0.444 e. The SMILES string of the molecule is Cc1cccc(C)c1NC(=O)C(c1c(C)cccc1C)N(C(=O)C(CO)NC(=O)OC(C)(C)C)C(C)C. The number of hydrogen-bond acceptors (Lipinski definition) is 5. The van der Waals surface area contributed by atoms with E-state index in [0.29, 0.717) is 11.3 Å². The number of carbonyl (C=O) groups excluding carboxylic acids is 3. The number of rotatable bonds is 8. The number of nitrogens with one attached hydrogen (secondary N) is 2. The third-order valence-electron chi connectivity index (χ3n) is 6.05. The number of hydrogen-bond donors (Lipinski definition) is 3. The lowest BCUT2D eigenvalue weighted by Gasteiger charge is -2.38. The number of ether oxygens (including phenoxy) is 1. The highest BCUT2D eigenvalue weighted by atomic mass is 16.6. The number of anilines is 1. The van der Waals surface area contributed by atoms with Gasteiger partial charge in [-0.05, 0) is 90.1 Å². The summed E-state index contributed by atoms with van der Waals surface area (Å²) in [4.78, 5) is 41.7. The summed E-state index contributed by atoms with van der Waals surface area (Å²) in [5.41, 5.74) is 4.10. The Kier molecular flexibility index (Phi) is 9.87. The van der Waals surface area contributed by atoms with Crippen molar-refractivity contribution in [3.8, 4) is 0 Å². The van der Waals surface area contributed by atoms with Crippen molar-refractivity contribution in [2.24, 2.45) is 0 Å². The first-order valence-corrected chi connectivity index (χ1v) is 12.5. The van der Waals surface area contributed by atoms with Gasteiger partial charge in [0.2, 0.25) is 5.91 Å². The van der Waals surface area contributed by atoms with Crippen molar-refractivity contribution >= 4 is 23.6 Å². The number of aryl methyl sites for hydroxylation is 4. The van der Waals surface area contributed by atoms with Crippen LogP contribution in [0.5, 0.6) is 0 Å². The van der Waals surface area contributed by atoms with E-state index < -0.39 is 42.3 Å². The van der Waals surface area contributed by atoms with Gasteiger partial charge < -0.3 is 25.4 Å². The Labute approximate surface area is 220 Å². The first-order chi connectivity index (χ1) is 17.2.